The summed E-state index contributed by atoms with van der Waals surface area (Å²) in [4.78, 5) is 1.27. The first kappa shape index (κ1) is 16.3. The molecule has 0 spiro atoms. The van der Waals surface area contributed by atoms with Crippen molar-refractivity contribution in [2.75, 3.05) is 5.73 Å². The van der Waals surface area contributed by atoms with Gasteiger partial charge in [0.1, 0.15) is 0 Å². The standard InChI is InChI=1S/C14H17ClN2O2S2/c1-9-6-12(8-13(16)14(9)15)21(18,19)17-10(2)7-11-4-3-5-20-11/h3-6,8,10,17H,7,16H2,1-2H3. The molecule has 0 aliphatic rings. The summed E-state index contributed by atoms with van der Waals surface area (Å²) < 4.78 is 27.4. The number of anilines is 1. The molecule has 0 aliphatic carbocycles. The lowest BCUT2D eigenvalue weighted by molar-refractivity contribution is 0.560. The van der Waals surface area contributed by atoms with Gasteiger partial charge in [-0.1, -0.05) is 17.7 Å². The zero-order chi connectivity index (χ0) is 15.6. The highest BCUT2D eigenvalue weighted by atomic mass is 35.5. The highest BCUT2D eigenvalue weighted by Crippen LogP contribution is 2.27. The van der Waals surface area contributed by atoms with Gasteiger partial charge in [0, 0.05) is 10.9 Å². The van der Waals surface area contributed by atoms with Gasteiger partial charge >= 0.3 is 0 Å². The number of nitrogen functional groups attached to an aromatic ring is 1. The summed E-state index contributed by atoms with van der Waals surface area (Å²) in [6.45, 7) is 3.57. The molecule has 1 unspecified atom stereocenters. The van der Waals surface area contributed by atoms with Gasteiger partial charge in [0.15, 0.2) is 0 Å². The van der Waals surface area contributed by atoms with E-state index in [2.05, 4.69) is 4.72 Å². The molecular formula is C14H17ClN2O2S2. The molecule has 0 radical (unpaired) electrons. The molecule has 2 aromatic rings. The Kier molecular flexibility index (Phi) is 4.93. The highest BCUT2D eigenvalue weighted by molar-refractivity contribution is 7.89. The van der Waals surface area contributed by atoms with Crippen molar-refractivity contribution in [1.29, 1.82) is 0 Å². The van der Waals surface area contributed by atoms with Crippen molar-refractivity contribution in [3.63, 3.8) is 0 Å². The number of nitrogens with one attached hydrogen (secondary N) is 1. The van der Waals surface area contributed by atoms with Crippen LogP contribution >= 0.6 is 22.9 Å². The van der Waals surface area contributed by atoms with Gasteiger partial charge in [-0.15, -0.1) is 11.3 Å². The number of rotatable bonds is 5. The Bertz CT molecular complexity index is 704. The topological polar surface area (TPSA) is 72.2 Å². The van der Waals surface area contributed by atoms with Crippen LogP contribution in [0.5, 0.6) is 0 Å². The number of benzene rings is 1. The molecule has 0 bridgehead atoms. The van der Waals surface area contributed by atoms with E-state index >= 15 is 0 Å². The van der Waals surface area contributed by atoms with Crippen LogP contribution in [-0.4, -0.2) is 14.5 Å². The largest absolute Gasteiger partial charge is 0.397 e. The summed E-state index contributed by atoms with van der Waals surface area (Å²) in [6, 6.07) is 6.64. The van der Waals surface area contributed by atoms with Gasteiger partial charge in [0.2, 0.25) is 10.0 Å². The maximum atomic E-state index is 12.4. The molecule has 3 N–H and O–H groups in total. The van der Waals surface area contributed by atoms with Crippen LogP contribution in [0, 0.1) is 6.92 Å². The minimum absolute atomic E-state index is 0.139. The van der Waals surface area contributed by atoms with Crippen LogP contribution in [0.3, 0.4) is 0 Å². The molecule has 0 saturated heterocycles. The summed E-state index contributed by atoms with van der Waals surface area (Å²) in [5.74, 6) is 0. The first-order valence-electron chi connectivity index (χ1n) is 6.40. The molecule has 1 aromatic heterocycles. The molecule has 0 saturated carbocycles. The van der Waals surface area contributed by atoms with Crippen molar-refractivity contribution >= 4 is 38.6 Å². The molecule has 4 nitrogen and oxygen atoms in total. The smallest absolute Gasteiger partial charge is 0.240 e. The summed E-state index contributed by atoms with van der Waals surface area (Å²) in [5.41, 5.74) is 6.64. The molecule has 21 heavy (non-hydrogen) atoms. The van der Waals surface area contributed by atoms with E-state index in [0.29, 0.717) is 17.0 Å². The third kappa shape index (κ3) is 3.97. The van der Waals surface area contributed by atoms with Crippen molar-refractivity contribution in [3.8, 4) is 0 Å². The molecular weight excluding hydrogens is 328 g/mol. The zero-order valence-electron chi connectivity index (χ0n) is 11.8. The van der Waals surface area contributed by atoms with E-state index in [1.807, 2.05) is 24.4 Å². The Hall–Kier alpha value is -1.08. The predicted octanol–water partition coefficient (Wildman–Crippen LogP) is 3.20. The summed E-state index contributed by atoms with van der Waals surface area (Å²) in [7, 11) is -3.61. The second kappa shape index (κ2) is 6.36. The number of hydrogen-bond acceptors (Lipinski definition) is 4. The Morgan fingerprint density at radius 2 is 2.14 bits per heavy atom. The minimum atomic E-state index is -3.61. The first-order valence-corrected chi connectivity index (χ1v) is 9.14. The Morgan fingerprint density at radius 3 is 2.71 bits per heavy atom. The van der Waals surface area contributed by atoms with Gasteiger partial charge in [-0.25, -0.2) is 13.1 Å². The van der Waals surface area contributed by atoms with E-state index in [-0.39, 0.29) is 16.6 Å². The summed E-state index contributed by atoms with van der Waals surface area (Å²) in [6.07, 6.45) is 0.652. The van der Waals surface area contributed by atoms with Gasteiger partial charge in [-0.3, -0.25) is 0 Å². The molecule has 1 aromatic carbocycles. The molecule has 0 aliphatic heterocycles. The lowest BCUT2D eigenvalue weighted by Gasteiger charge is -2.15. The lowest BCUT2D eigenvalue weighted by atomic mass is 10.2. The SMILES string of the molecule is Cc1cc(S(=O)(=O)NC(C)Cc2cccs2)cc(N)c1Cl. The van der Waals surface area contributed by atoms with Crippen LogP contribution in [0.4, 0.5) is 5.69 Å². The number of nitrogens with two attached hydrogens (primary N) is 1. The van der Waals surface area contributed by atoms with E-state index < -0.39 is 10.0 Å². The van der Waals surface area contributed by atoms with Gasteiger partial charge in [-0.2, -0.15) is 0 Å². The number of sulfonamides is 1. The number of halogens is 1. The highest BCUT2D eigenvalue weighted by Gasteiger charge is 2.19. The fourth-order valence-electron chi connectivity index (χ4n) is 2.02. The molecule has 114 valence electrons. The second-order valence-corrected chi connectivity index (χ2v) is 8.07. The fourth-order valence-corrected chi connectivity index (χ4v) is 4.33. The van der Waals surface area contributed by atoms with Crippen LogP contribution in [0.25, 0.3) is 0 Å². The Morgan fingerprint density at radius 1 is 1.43 bits per heavy atom. The molecule has 0 fully saturated rings. The number of hydrogen-bond donors (Lipinski definition) is 2. The maximum absolute atomic E-state index is 12.4. The van der Waals surface area contributed by atoms with Crippen molar-refractivity contribution in [2.45, 2.75) is 31.2 Å². The molecule has 1 heterocycles. The van der Waals surface area contributed by atoms with Crippen LogP contribution in [-0.2, 0) is 16.4 Å². The third-order valence-electron chi connectivity index (χ3n) is 3.01. The van der Waals surface area contributed by atoms with Crippen molar-refractivity contribution in [2.24, 2.45) is 0 Å². The fraction of sp³-hybridized carbons (Fsp3) is 0.286. The first-order chi connectivity index (χ1) is 9.79. The predicted molar refractivity (Wildman–Crippen MR) is 88.4 cm³/mol. The van der Waals surface area contributed by atoms with Crippen LogP contribution in [0.1, 0.15) is 17.4 Å². The van der Waals surface area contributed by atoms with Crippen LogP contribution in [0.2, 0.25) is 5.02 Å². The van der Waals surface area contributed by atoms with E-state index in [0.717, 1.165) is 4.88 Å². The minimum Gasteiger partial charge on any atom is -0.397 e. The second-order valence-electron chi connectivity index (χ2n) is 4.95. The van der Waals surface area contributed by atoms with Crippen LogP contribution < -0.4 is 10.5 Å². The van der Waals surface area contributed by atoms with Gasteiger partial charge in [0.05, 0.1) is 15.6 Å². The monoisotopic (exact) mass is 344 g/mol. The average molecular weight is 345 g/mol. The zero-order valence-corrected chi connectivity index (χ0v) is 14.1. The van der Waals surface area contributed by atoms with E-state index in [1.54, 1.807) is 18.3 Å². The molecule has 0 amide bonds. The Balaban J connectivity index is 2.18. The van der Waals surface area contributed by atoms with Crippen molar-refractivity contribution in [1.82, 2.24) is 4.72 Å². The van der Waals surface area contributed by atoms with Crippen LogP contribution in [0.15, 0.2) is 34.5 Å². The van der Waals surface area contributed by atoms with Gasteiger partial charge < -0.3 is 5.73 Å². The Labute approximate surface area is 134 Å². The van der Waals surface area contributed by atoms with E-state index in [9.17, 15) is 8.42 Å². The maximum Gasteiger partial charge on any atom is 0.240 e. The van der Waals surface area contributed by atoms with E-state index in [1.165, 1.54) is 12.1 Å². The number of aryl methyl sites for hydroxylation is 1. The summed E-state index contributed by atoms with van der Waals surface area (Å²) >= 11 is 7.57. The van der Waals surface area contributed by atoms with E-state index in [4.69, 9.17) is 17.3 Å². The normalized spacial score (nSPS) is 13.3. The van der Waals surface area contributed by atoms with Gasteiger partial charge in [-0.05, 0) is 49.4 Å². The van der Waals surface area contributed by atoms with Crippen molar-refractivity contribution in [3.05, 3.63) is 45.1 Å². The summed E-state index contributed by atoms with van der Waals surface area (Å²) in [5, 5.41) is 2.36. The third-order valence-corrected chi connectivity index (χ3v) is 5.99. The quantitative estimate of drug-likeness (QED) is 0.818. The van der Waals surface area contributed by atoms with Crippen molar-refractivity contribution < 1.29 is 8.42 Å². The molecule has 7 heteroatoms. The molecule has 2 rings (SSSR count). The number of thiophene rings is 1. The lowest BCUT2D eigenvalue weighted by Crippen LogP contribution is -2.34. The van der Waals surface area contributed by atoms with Gasteiger partial charge in [0.25, 0.3) is 0 Å². The molecule has 1 atom stereocenters. The average Bonchev–Trinajstić information content (AvgIpc) is 2.87.